The van der Waals surface area contributed by atoms with Gasteiger partial charge in [-0.3, -0.25) is 9.80 Å². The summed E-state index contributed by atoms with van der Waals surface area (Å²) in [6.45, 7) is 6.90. The van der Waals surface area contributed by atoms with E-state index in [2.05, 4.69) is 11.8 Å². The van der Waals surface area contributed by atoms with E-state index in [0.717, 1.165) is 44.1 Å². The van der Waals surface area contributed by atoms with Crippen molar-refractivity contribution in [2.45, 2.75) is 26.2 Å². The minimum Gasteiger partial charge on any atom is -0.321 e. The summed E-state index contributed by atoms with van der Waals surface area (Å²) in [6, 6.07) is 19.9. The number of nitrogens with zero attached hydrogens (tertiary/aromatic N) is 3. The molecule has 2 amide bonds. The molecule has 0 saturated carbocycles. The monoisotopic (exact) mass is 351 g/mol. The summed E-state index contributed by atoms with van der Waals surface area (Å²) in [5.74, 6) is 0. The fourth-order valence-electron chi connectivity index (χ4n) is 3.41. The zero-order valence-corrected chi connectivity index (χ0v) is 15.7. The Bertz CT molecular complexity index is 627. The van der Waals surface area contributed by atoms with Crippen LogP contribution in [0, 0.1) is 0 Å². The van der Waals surface area contributed by atoms with Gasteiger partial charge in [0, 0.05) is 26.2 Å². The fourth-order valence-corrected chi connectivity index (χ4v) is 3.41. The summed E-state index contributed by atoms with van der Waals surface area (Å²) in [5, 5.41) is 0. The molecule has 1 heterocycles. The van der Waals surface area contributed by atoms with E-state index in [1.165, 1.54) is 19.3 Å². The molecule has 0 aliphatic carbocycles. The van der Waals surface area contributed by atoms with Crippen LogP contribution in [0.5, 0.6) is 0 Å². The van der Waals surface area contributed by atoms with Crippen molar-refractivity contribution in [1.29, 1.82) is 0 Å². The van der Waals surface area contributed by atoms with Gasteiger partial charge in [-0.15, -0.1) is 0 Å². The Morgan fingerprint density at radius 1 is 0.846 bits per heavy atom. The molecule has 4 heteroatoms. The van der Waals surface area contributed by atoms with Crippen molar-refractivity contribution in [2.75, 3.05) is 37.6 Å². The first-order valence-electron chi connectivity index (χ1n) is 9.71. The number of carbonyl (C=O) groups is 1. The molecule has 3 rings (SSSR count). The lowest BCUT2D eigenvalue weighted by molar-refractivity contribution is 0.143. The number of amides is 2. The molecule has 26 heavy (non-hydrogen) atoms. The SMILES string of the molecule is CCCCCN1CCN(C(=O)N(c2ccccc2)c2ccccc2)CC1. The largest absolute Gasteiger partial charge is 0.329 e. The average molecular weight is 351 g/mol. The van der Waals surface area contributed by atoms with Gasteiger partial charge in [-0.1, -0.05) is 56.2 Å². The third-order valence-electron chi connectivity index (χ3n) is 4.94. The lowest BCUT2D eigenvalue weighted by atomic mass is 10.2. The van der Waals surface area contributed by atoms with Gasteiger partial charge in [0.2, 0.25) is 0 Å². The lowest BCUT2D eigenvalue weighted by Crippen LogP contribution is -2.52. The molecule has 0 aromatic heterocycles. The highest BCUT2D eigenvalue weighted by atomic mass is 16.2. The van der Waals surface area contributed by atoms with Crippen molar-refractivity contribution in [3.05, 3.63) is 60.7 Å². The van der Waals surface area contributed by atoms with Crippen LogP contribution in [0.25, 0.3) is 0 Å². The van der Waals surface area contributed by atoms with Crippen LogP contribution in [0.2, 0.25) is 0 Å². The summed E-state index contributed by atoms with van der Waals surface area (Å²) in [4.78, 5) is 19.6. The average Bonchev–Trinajstić information content (AvgIpc) is 2.70. The minimum absolute atomic E-state index is 0.0654. The van der Waals surface area contributed by atoms with Gasteiger partial charge in [-0.05, 0) is 37.2 Å². The summed E-state index contributed by atoms with van der Waals surface area (Å²) < 4.78 is 0. The van der Waals surface area contributed by atoms with Crippen molar-refractivity contribution in [2.24, 2.45) is 0 Å². The second-order valence-corrected chi connectivity index (χ2v) is 6.82. The van der Waals surface area contributed by atoms with Crippen LogP contribution in [0.15, 0.2) is 60.7 Å². The molecule has 0 bridgehead atoms. The fraction of sp³-hybridized carbons (Fsp3) is 0.409. The van der Waals surface area contributed by atoms with E-state index in [9.17, 15) is 4.79 Å². The molecule has 0 N–H and O–H groups in total. The molecule has 0 spiro atoms. The lowest BCUT2D eigenvalue weighted by Gasteiger charge is -2.37. The van der Waals surface area contributed by atoms with E-state index in [1.807, 2.05) is 70.5 Å². The van der Waals surface area contributed by atoms with E-state index >= 15 is 0 Å². The van der Waals surface area contributed by atoms with Crippen molar-refractivity contribution in [1.82, 2.24) is 9.80 Å². The molecule has 4 nitrogen and oxygen atoms in total. The molecular formula is C22H29N3O. The first kappa shape index (κ1) is 18.5. The van der Waals surface area contributed by atoms with E-state index in [4.69, 9.17) is 0 Å². The van der Waals surface area contributed by atoms with Crippen molar-refractivity contribution >= 4 is 17.4 Å². The number of carbonyl (C=O) groups excluding carboxylic acids is 1. The van der Waals surface area contributed by atoms with E-state index in [-0.39, 0.29) is 6.03 Å². The highest BCUT2D eigenvalue weighted by Crippen LogP contribution is 2.26. The Labute approximate surface area is 157 Å². The number of piperazine rings is 1. The van der Waals surface area contributed by atoms with Gasteiger partial charge in [-0.2, -0.15) is 0 Å². The van der Waals surface area contributed by atoms with E-state index < -0.39 is 0 Å². The minimum atomic E-state index is 0.0654. The maximum absolute atomic E-state index is 13.3. The van der Waals surface area contributed by atoms with Gasteiger partial charge >= 0.3 is 6.03 Å². The standard InChI is InChI=1S/C22H29N3O/c1-2-3-10-15-23-16-18-24(19-17-23)22(26)25(20-11-6-4-7-12-20)21-13-8-5-9-14-21/h4-9,11-14H,2-3,10,15-19H2,1H3. The van der Waals surface area contributed by atoms with Crippen LogP contribution >= 0.6 is 0 Å². The predicted molar refractivity (Wildman–Crippen MR) is 108 cm³/mol. The van der Waals surface area contributed by atoms with Gasteiger partial charge in [0.1, 0.15) is 0 Å². The Balaban J connectivity index is 1.69. The Hall–Kier alpha value is -2.33. The number of urea groups is 1. The Morgan fingerprint density at radius 2 is 1.38 bits per heavy atom. The smallest absolute Gasteiger partial charge is 0.321 e. The van der Waals surface area contributed by atoms with Crippen molar-refractivity contribution < 1.29 is 4.79 Å². The van der Waals surface area contributed by atoms with Gasteiger partial charge in [0.05, 0.1) is 11.4 Å². The van der Waals surface area contributed by atoms with Crippen LogP contribution in [0.1, 0.15) is 26.2 Å². The number of para-hydroxylation sites is 2. The number of rotatable bonds is 6. The molecule has 2 aromatic carbocycles. The Morgan fingerprint density at radius 3 is 1.88 bits per heavy atom. The molecular weight excluding hydrogens is 322 g/mol. The molecule has 138 valence electrons. The second kappa shape index (κ2) is 9.39. The summed E-state index contributed by atoms with van der Waals surface area (Å²) in [7, 11) is 0. The predicted octanol–water partition coefficient (Wildman–Crippen LogP) is 4.75. The number of hydrogen-bond donors (Lipinski definition) is 0. The third-order valence-corrected chi connectivity index (χ3v) is 4.94. The van der Waals surface area contributed by atoms with Crippen molar-refractivity contribution in [3.8, 4) is 0 Å². The molecule has 1 fully saturated rings. The molecule has 0 radical (unpaired) electrons. The van der Waals surface area contributed by atoms with Crippen LogP contribution in [0.3, 0.4) is 0 Å². The van der Waals surface area contributed by atoms with Gasteiger partial charge in [0.25, 0.3) is 0 Å². The first-order chi connectivity index (χ1) is 12.8. The highest BCUT2D eigenvalue weighted by molar-refractivity contribution is 5.99. The van der Waals surface area contributed by atoms with Crippen LogP contribution < -0.4 is 4.90 Å². The Kier molecular flexibility index (Phi) is 6.67. The third kappa shape index (κ3) is 4.64. The zero-order chi connectivity index (χ0) is 18.2. The van der Waals surface area contributed by atoms with Gasteiger partial charge in [-0.25, -0.2) is 4.79 Å². The first-order valence-corrected chi connectivity index (χ1v) is 9.71. The number of benzene rings is 2. The van der Waals surface area contributed by atoms with Crippen LogP contribution in [-0.2, 0) is 0 Å². The molecule has 1 aliphatic heterocycles. The topological polar surface area (TPSA) is 26.8 Å². The second-order valence-electron chi connectivity index (χ2n) is 6.82. The molecule has 1 saturated heterocycles. The molecule has 2 aromatic rings. The normalized spacial score (nSPS) is 15.0. The van der Waals surface area contributed by atoms with Crippen molar-refractivity contribution in [3.63, 3.8) is 0 Å². The maximum Gasteiger partial charge on any atom is 0.329 e. The summed E-state index contributed by atoms with van der Waals surface area (Å²) in [6.07, 6.45) is 3.79. The molecule has 1 aliphatic rings. The summed E-state index contributed by atoms with van der Waals surface area (Å²) in [5.41, 5.74) is 1.82. The number of unbranched alkanes of at least 4 members (excludes halogenated alkanes) is 2. The summed E-state index contributed by atoms with van der Waals surface area (Å²) >= 11 is 0. The maximum atomic E-state index is 13.3. The zero-order valence-electron chi connectivity index (χ0n) is 15.7. The van der Waals surface area contributed by atoms with Gasteiger partial charge < -0.3 is 4.90 Å². The van der Waals surface area contributed by atoms with Crippen LogP contribution in [-0.4, -0.2) is 48.6 Å². The van der Waals surface area contributed by atoms with Gasteiger partial charge in [0.15, 0.2) is 0 Å². The number of hydrogen-bond acceptors (Lipinski definition) is 2. The highest BCUT2D eigenvalue weighted by Gasteiger charge is 2.27. The number of anilines is 2. The molecule has 0 atom stereocenters. The molecule has 0 unspecified atom stereocenters. The van der Waals surface area contributed by atoms with Crippen LogP contribution in [0.4, 0.5) is 16.2 Å². The quantitative estimate of drug-likeness (QED) is 0.702. The van der Waals surface area contributed by atoms with E-state index in [1.54, 1.807) is 0 Å². The van der Waals surface area contributed by atoms with E-state index in [0.29, 0.717) is 0 Å².